The molecule has 0 atom stereocenters. The average molecular weight is 437 g/mol. The van der Waals surface area contributed by atoms with E-state index in [4.69, 9.17) is 0 Å². The first-order chi connectivity index (χ1) is 14.7. The van der Waals surface area contributed by atoms with Gasteiger partial charge in [-0.3, -0.25) is 13.9 Å². The fourth-order valence-corrected chi connectivity index (χ4v) is 4.43. The zero-order valence-corrected chi connectivity index (χ0v) is 18.4. The molecule has 3 aromatic carbocycles. The Labute approximate surface area is 182 Å². The Morgan fingerprint density at radius 1 is 0.871 bits per heavy atom. The third-order valence-electron chi connectivity index (χ3n) is 4.77. The van der Waals surface area contributed by atoms with Gasteiger partial charge in [-0.25, -0.2) is 8.42 Å². The van der Waals surface area contributed by atoms with Gasteiger partial charge in [0.25, 0.3) is 10.0 Å². The molecule has 0 bridgehead atoms. The number of carbonyl (C=O) groups excluding carboxylic acids is 2. The maximum atomic E-state index is 13.4. The monoisotopic (exact) mass is 436 g/mol. The van der Waals surface area contributed by atoms with Crippen LogP contribution in [0.2, 0.25) is 0 Å². The molecule has 0 fully saturated rings. The van der Waals surface area contributed by atoms with Crippen molar-refractivity contribution in [2.75, 3.05) is 16.2 Å². The summed E-state index contributed by atoms with van der Waals surface area (Å²) in [5, 5.41) is 2.68. The van der Waals surface area contributed by atoms with E-state index < -0.39 is 22.5 Å². The number of nitrogens with one attached hydrogen (secondary N) is 1. The molecular weight excluding hydrogens is 412 g/mol. The molecule has 31 heavy (non-hydrogen) atoms. The number of ketones is 1. The maximum Gasteiger partial charge on any atom is 0.264 e. The van der Waals surface area contributed by atoms with Gasteiger partial charge in [-0.05, 0) is 57.2 Å². The van der Waals surface area contributed by atoms with Crippen LogP contribution in [-0.2, 0) is 14.8 Å². The smallest absolute Gasteiger partial charge is 0.264 e. The van der Waals surface area contributed by atoms with Gasteiger partial charge in [0.2, 0.25) is 5.91 Å². The van der Waals surface area contributed by atoms with E-state index in [1.165, 1.54) is 19.1 Å². The highest BCUT2D eigenvalue weighted by atomic mass is 32.2. The molecule has 0 aliphatic heterocycles. The van der Waals surface area contributed by atoms with Crippen molar-refractivity contribution in [3.05, 3.63) is 89.5 Å². The van der Waals surface area contributed by atoms with Crippen molar-refractivity contribution < 1.29 is 18.0 Å². The third kappa shape index (κ3) is 5.38. The van der Waals surface area contributed by atoms with Gasteiger partial charge in [0.05, 0.1) is 10.6 Å². The van der Waals surface area contributed by atoms with E-state index in [1.54, 1.807) is 60.7 Å². The lowest BCUT2D eigenvalue weighted by molar-refractivity contribution is -0.114. The number of aryl methyl sites for hydroxylation is 2. The van der Waals surface area contributed by atoms with Crippen molar-refractivity contribution in [3.63, 3.8) is 0 Å². The van der Waals surface area contributed by atoms with Gasteiger partial charge < -0.3 is 5.32 Å². The van der Waals surface area contributed by atoms with Crippen molar-refractivity contribution in [2.24, 2.45) is 0 Å². The van der Waals surface area contributed by atoms with E-state index in [0.29, 0.717) is 16.9 Å². The fraction of sp³-hybridized carbons (Fsp3) is 0.167. The normalized spacial score (nSPS) is 11.1. The average Bonchev–Trinajstić information content (AvgIpc) is 2.73. The number of nitrogens with zero attached hydrogens (tertiary/aromatic N) is 1. The van der Waals surface area contributed by atoms with E-state index in [-0.39, 0.29) is 10.7 Å². The predicted molar refractivity (Wildman–Crippen MR) is 122 cm³/mol. The minimum absolute atomic E-state index is 0.102. The molecule has 3 aromatic rings. The second-order valence-corrected chi connectivity index (χ2v) is 9.21. The first-order valence-electron chi connectivity index (χ1n) is 9.74. The number of sulfonamides is 1. The Kier molecular flexibility index (Phi) is 6.56. The molecule has 3 rings (SSSR count). The summed E-state index contributed by atoms with van der Waals surface area (Å²) in [6.45, 7) is 4.80. The number of hydrogen-bond acceptors (Lipinski definition) is 4. The Morgan fingerprint density at radius 2 is 1.45 bits per heavy atom. The molecule has 0 radical (unpaired) electrons. The zero-order valence-electron chi connectivity index (χ0n) is 17.6. The van der Waals surface area contributed by atoms with Crippen LogP contribution in [0.1, 0.15) is 28.4 Å². The first kappa shape index (κ1) is 22.2. The van der Waals surface area contributed by atoms with Crippen LogP contribution < -0.4 is 9.62 Å². The quantitative estimate of drug-likeness (QED) is 0.559. The summed E-state index contributed by atoms with van der Waals surface area (Å²) >= 11 is 0. The molecule has 0 aliphatic rings. The van der Waals surface area contributed by atoms with E-state index in [2.05, 4.69) is 5.32 Å². The van der Waals surface area contributed by atoms with Gasteiger partial charge in [0.1, 0.15) is 6.54 Å². The second kappa shape index (κ2) is 9.14. The molecule has 0 saturated carbocycles. The largest absolute Gasteiger partial charge is 0.324 e. The van der Waals surface area contributed by atoms with Crippen LogP contribution >= 0.6 is 0 Å². The summed E-state index contributed by atoms with van der Waals surface area (Å²) in [4.78, 5) is 24.5. The molecule has 0 aliphatic carbocycles. The number of rotatable bonds is 7. The van der Waals surface area contributed by atoms with Crippen molar-refractivity contribution in [3.8, 4) is 0 Å². The van der Waals surface area contributed by atoms with Crippen molar-refractivity contribution in [1.82, 2.24) is 0 Å². The predicted octanol–water partition coefficient (Wildman–Crippen LogP) is 4.34. The fourth-order valence-electron chi connectivity index (χ4n) is 3.01. The van der Waals surface area contributed by atoms with Gasteiger partial charge in [-0.1, -0.05) is 47.5 Å². The lowest BCUT2D eigenvalue weighted by Gasteiger charge is -2.24. The summed E-state index contributed by atoms with van der Waals surface area (Å²) in [6.07, 6.45) is 0. The summed E-state index contributed by atoms with van der Waals surface area (Å²) in [7, 11) is -3.97. The lowest BCUT2D eigenvalue weighted by atomic mass is 10.1. The number of carbonyl (C=O) groups is 2. The number of Topliss-reactive ketones (excluding diaryl/α,β-unsaturated/α-hetero) is 1. The minimum Gasteiger partial charge on any atom is -0.324 e. The number of benzene rings is 3. The van der Waals surface area contributed by atoms with E-state index >= 15 is 0 Å². The molecule has 7 heteroatoms. The van der Waals surface area contributed by atoms with Crippen LogP contribution in [0.25, 0.3) is 0 Å². The maximum absolute atomic E-state index is 13.4. The first-order valence-corrected chi connectivity index (χ1v) is 11.2. The third-order valence-corrected chi connectivity index (χ3v) is 6.56. The van der Waals surface area contributed by atoms with Crippen LogP contribution in [0.15, 0.2) is 77.7 Å². The van der Waals surface area contributed by atoms with Gasteiger partial charge in [0.15, 0.2) is 5.78 Å². The van der Waals surface area contributed by atoms with Gasteiger partial charge in [-0.2, -0.15) is 0 Å². The summed E-state index contributed by atoms with van der Waals surface area (Å²) in [5.74, 6) is -0.642. The van der Waals surface area contributed by atoms with Gasteiger partial charge in [0, 0.05) is 11.3 Å². The topological polar surface area (TPSA) is 83.6 Å². The minimum atomic E-state index is -3.97. The zero-order chi connectivity index (χ0) is 22.6. The highest BCUT2D eigenvalue weighted by Crippen LogP contribution is 2.24. The van der Waals surface area contributed by atoms with Gasteiger partial charge >= 0.3 is 0 Å². The van der Waals surface area contributed by atoms with E-state index in [1.807, 2.05) is 13.8 Å². The van der Waals surface area contributed by atoms with Crippen LogP contribution in [-0.4, -0.2) is 26.7 Å². The number of hydrogen-bond donors (Lipinski definition) is 1. The van der Waals surface area contributed by atoms with E-state index in [0.717, 1.165) is 15.4 Å². The Morgan fingerprint density at radius 3 is 2.03 bits per heavy atom. The lowest BCUT2D eigenvalue weighted by Crippen LogP contribution is -2.38. The van der Waals surface area contributed by atoms with Crippen LogP contribution in [0.4, 0.5) is 11.4 Å². The van der Waals surface area contributed by atoms with Crippen LogP contribution in [0, 0.1) is 13.8 Å². The number of amides is 1. The van der Waals surface area contributed by atoms with Crippen molar-refractivity contribution >= 4 is 33.1 Å². The van der Waals surface area contributed by atoms with E-state index in [9.17, 15) is 18.0 Å². The second-order valence-electron chi connectivity index (χ2n) is 7.35. The van der Waals surface area contributed by atoms with Crippen LogP contribution in [0.3, 0.4) is 0 Å². The van der Waals surface area contributed by atoms with Crippen LogP contribution in [0.5, 0.6) is 0 Å². The molecular formula is C24H24N2O4S. The highest BCUT2D eigenvalue weighted by Gasteiger charge is 2.27. The molecule has 0 saturated heterocycles. The highest BCUT2D eigenvalue weighted by molar-refractivity contribution is 7.92. The Hall–Kier alpha value is -3.45. The standard InChI is InChI=1S/C24H24N2O4S/c1-17-7-11-22(12-8-17)26(31(29,30)23-13-9-18(2)10-14-23)16-24(28)25-21-6-4-5-20(15-21)19(3)27/h4-15H,16H2,1-3H3,(H,25,28). The van der Waals surface area contributed by atoms with Crippen molar-refractivity contribution in [1.29, 1.82) is 0 Å². The molecule has 0 heterocycles. The number of anilines is 2. The molecule has 0 aromatic heterocycles. The van der Waals surface area contributed by atoms with Crippen molar-refractivity contribution in [2.45, 2.75) is 25.7 Å². The summed E-state index contributed by atoms with van der Waals surface area (Å²) in [5.41, 5.74) is 3.18. The van der Waals surface area contributed by atoms with Gasteiger partial charge in [-0.15, -0.1) is 0 Å². The molecule has 0 spiro atoms. The molecule has 6 nitrogen and oxygen atoms in total. The molecule has 1 amide bonds. The Balaban J connectivity index is 1.92. The molecule has 0 unspecified atom stereocenters. The molecule has 1 N–H and O–H groups in total. The SMILES string of the molecule is CC(=O)c1cccc(NC(=O)CN(c2ccc(C)cc2)S(=O)(=O)c2ccc(C)cc2)c1. The summed E-state index contributed by atoms with van der Waals surface area (Å²) in [6, 6.07) is 19.9. The molecule has 160 valence electrons. The summed E-state index contributed by atoms with van der Waals surface area (Å²) < 4.78 is 27.8. The Bertz CT molecular complexity index is 1200.